The molecule has 0 aliphatic rings. The van der Waals surface area contributed by atoms with Crippen molar-refractivity contribution in [2.45, 2.75) is 32.5 Å². The standard InChI is InChI=1S/C11H21F3N2/c1-9(2)15-7-10(3)8-16(4)6-5-11(12,13)14/h9,15H,3,5-8H2,1-2,4H3. The molecule has 5 heteroatoms. The highest BCUT2D eigenvalue weighted by atomic mass is 19.4. The topological polar surface area (TPSA) is 15.3 Å². The SMILES string of the molecule is C=C(CNC(C)C)CN(C)CCC(F)(F)F. The van der Waals surface area contributed by atoms with Crippen molar-refractivity contribution in [3.8, 4) is 0 Å². The minimum Gasteiger partial charge on any atom is -0.311 e. The lowest BCUT2D eigenvalue weighted by molar-refractivity contribution is -0.137. The average molecular weight is 238 g/mol. The Kier molecular flexibility index (Phi) is 6.67. The van der Waals surface area contributed by atoms with E-state index in [2.05, 4.69) is 11.9 Å². The Hall–Kier alpha value is -0.550. The highest BCUT2D eigenvalue weighted by Crippen LogP contribution is 2.19. The van der Waals surface area contributed by atoms with E-state index in [0.29, 0.717) is 19.1 Å². The van der Waals surface area contributed by atoms with Gasteiger partial charge in [0.1, 0.15) is 0 Å². The molecule has 0 saturated heterocycles. The van der Waals surface area contributed by atoms with Crippen molar-refractivity contribution >= 4 is 0 Å². The number of rotatable bonds is 7. The largest absolute Gasteiger partial charge is 0.390 e. The summed E-state index contributed by atoms with van der Waals surface area (Å²) in [7, 11) is 1.67. The van der Waals surface area contributed by atoms with Crippen LogP contribution in [0.15, 0.2) is 12.2 Å². The normalized spacial score (nSPS) is 12.5. The molecule has 0 aromatic rings. The van der Waals surface area contributed by atoms with Gasteiger partial charge in [-0.2, -0.15) is 13.2 Å². The fourth-order valence-corrected chi connectivity index (χ4v) is 1.18. The molecule has 0 atom stereocenters. The van der Waals surface area contributed by atoms with Crippen molar-refractivity contribution < 1.29 is 13.2 Å². The van der Waals surface area contributed by atoms with Gasteiger partial charge in [0.05, 0.1) is 6.42 Å². The number of hydrogen-bond donors (Lipinski definition) is 1. The second-order valence-electron chi connectivity index (χ2n) is 4.39. The van der Waals surface area contributed by atoms with Gasteiger partial charge in [-0.3, -0.25) is 0 Å². The van der Waals surface area contributed by atoms with E-state index in [0.717, 1.165) is 5.57 Å². The van der Waals surface area contributed by atoms with Crippen LogP contribution in [-0.2, 0) is 0 Å². The third-order valence-corrected chi connectivity index (χ3v) is 2.03. The maximum atomic E-state index is 11.9. The number of nitrogens with one attached hydrogen (secondary N) is 1. The molecule has 0 fully saturated rings. The van der Waals surface area contributed by atoms with E-state index >= 15 is 0 Å². The third kappa shape index (κ3) is 9.98. The lowest BCUT2D eigenvalue weighted by Gasteiger charge is -2.19. The molecule has 0 bridgehead atoms. The van der Waals surface area contributed by atoms with E-state index in [4.69, 9.17) is 0 Å². The molecule has 16 heavy (non-hydrogen) atoms. The molecule has 0 heterocycles. The molecular formula is C11H21F3N2. The second-order valence-corrected chi connectivity index (χ2v) is 4.39. The van der Waals surface area contributed by atoms with Crippen LogP contribution in [0.4, 0.5) is 13.2 Å². The molecule has 0 aliphatic heterocycles. The van der Waals surface area contributed by atoms with Gasteiger partial charge in [0, 0.05) is 25.7 Å². The van der Waals surface area contributed by atoms with Gasteiger partial charge in [-0.05, 0) is 12.6 Å². The third-order valence-electron chi connectivity index (χ3n) is 2.03. The minimum atomic E-state index is -4.08. The first-order valence-corrected chi connectivity index (χ1v) is 5.36. The molecular weight excluding hydrogens is 217 g/mol. The molecule has 0 aliphatic carbocycles. The van der Waals surface area contributed by atoms with Crippen LogP contribution in [0.5, 0.6) is 0 Å². The summed E-state index contributed by atoms with van der Waals surface area (Å²) in [5, 5.41) is 3.17. The van der Waals surface area contributed by atoms with Gasteiger partial charge >= 0.3 is 6.18 Å². The van der Waals surface area contributed by atoms with Gasteiger partial charge in [0.25, 0.3) is 0 Å². The zero-order valence-electron chi connectivity index (χ0n) is 10.2. The van der Waals surface area contributed by atoms with Crippen molar-refractivity contribution in [3.63, 3.8) is 0 Å². The Morgan fingerprint density at radius 1 is 1.38 bits per heavy atom. The fourth-order valence-electron chi connectivity index (χ4n) is 1.18. The molecule has 2 nitrogen and oxygen atoms in total. The summed E-state index contributed by atoms with van der Waals surface area (Å²) in [5.41, 5.74) is 0.901. The fraction of sp³-hybridized carbons (Fsp3) is 0.818. The minimum absolute atomic E-state index is 0.0181. The van der Waals surface area contributed by atoms with Gasteiger partial charge in [-0.15, -0.1) is 0 Å². The molecule has 0 saturated carbocycles. The Morgan fingerprint density at radius 3 is 2.38 bits per heavy atom. The van der Waals surface area contributed by atoms with Crippen molar-refractivity contribution in [2.24, 2.45) is 0 Å². The van der Waals surface area contributed by atoms with Gasteiger partial charge in [-0.25, -0.2) is 0 Å². The van der Waals surface area contributed by atoms with E-state index in [-0.39, 0.29) is 6.54 Å². The van der Waals surface area contributed by atoms with Crippen LogP contribution < -0.4 is 5.32 Å². The summed E-state index contributed by atoms with van der Waals surface area (Å²) in [5.74, 6) is 0. The molecule has 0 amide bonds. The van der Waals surface area contributed by atoms with Crippen LogP contribution in [0, 0.1) is 0 Å². The van der Waals surface area contributed by atoms with Crippen molar-refractivity contribution in [1.82, 2.24) is 10.2 Å². The maximum Gasteiger partial charge on any atom is 0.390 e. The quantitative estimate of drug-likeness (QED) is 0.685. The van der Waals surface area contributed by atoms with Crippen LogP contribution in [0.25, 0.3) is 0 Å². The first kappa shape index (κ1) is 15.4. The Morgan fingerprint density at radius 2 is 1.94 bits per heavy atom. The Balaban J connectivity index is 3.70. The molecule has 0 radical (unpaired) electrons. The second kappa shape index (κ2) is 6.91. The van der Waals surface area contributed by atoms with Crippen LogP contribution in [0.3, 0.4) is 0 Å². The first-order chi connectivity index (χ1) is 7.20. The summed E-state index contributed by atoms with van der Waals surface area (Å²) >= 11 is 0. The van der Waals surface area contributed by atoms with Crippen LogP contribution >= 0.6 is 0 Å². The zero-order chi connectivity index (χ0) is 12.8. The summed E-state index contributed by atoms with van der Waals surface area (Å²) < 4.78 is 35.8. The van der Waals surface area contributed by atoms with E-state index in [1.807, 2.05) is 13.8 Å². The summed E-state index contributed by atoms with van der Waals surface area (Å²) in [6, 6.07) is 0.359. The van der Waals surface area contributed by atoms with Crippen LogP contribution in [0.2, 0.25) is 0 Å². The number of nitrogens with zero attached hydrogens (tertiary/aromatic N) is 1. The van der Waals surface area contributed by atoms with Gasteiger partial charge in [0.2, 0.25) is 0 Å². The van der Waals surface area contributed by atoms with Crippen molar-refractivity contribution in [3.05, 3.63) is 12.2 Å². The molecule has 1 N–H and O–H groups in total. The van der Waals surface area contributed by atoms with E-state index < -0.39 is 12.6 Å². The Labute approximate surface area is 95.5 Å². The summed E-state index contributed by atoms with van der Waals surface area (Å²) in [6.07, 6.45) is -4.85. The molecule has 0 unspecified atom stereocenters. The predicted molar refractivity (Wildman–Crippen MR) is 60.4 cm³/mol. The van der Waals surface area contributed by atoms with Crippen molar-refractivity contribution in [2.75, 3.05) is 26.7 Å². The zero-order valence-corrected chi connectivity index (χ0v) is 10.2. The number of halogens is 3. The highest BCUT2D eigenvalue weighted by Gasteiger charge is 2.26. The molecule has 96 valence electrons. The van der Waals surface area contributed by atoms with Gasteiger partial charge in [0.15, 0.2) is 0 Å². The van der Waals surface area contributed by atoms with Gasteiger partial charge in [-0.1, -0.05) is 20.4 Å². The van der Waals surface area contributed by atoms with E-state index in [9.17, 15) is 13.2 Å². The summed E-state index contributed by atoms with van der Waals surface area (Å²) in [4.78, 5) is 1.64. The number of likely N-dealkylation sites (N-methyl/N-ethyl adjacent to an activating group) is 1. The molecule has 0 aromatic heterocycles. The molecule has 0 spiro atoms. The molecule has 0 rings (SSSR count). The van der Waals surface area contributed by atoms with Crippen LogP contribution in [0.1, 0.15) is 20.3 Å². The number of hydrogen-bond acceptors (Lipinski definition) is 2. The maximum absolute atomic E-state index is 11.9. The summed E-state index contributed by atoms with van der Waals surface area (Å²) in [6.45, 7) is 9.02. The lowest BCUT2D eigenvalue weighted by atomic mass is 10.2. The molecule has 0 aromatic carbocycles. The Bertz CT molecular complexity index is 212. The smallest absolute Gasteiger partial charge is 0.311 e. The van der Waals surface area contributed by atoms with Gasteiger partial charge < -0.3 is 10.2 Å². The average Bonchev–Trinajstić information content (AvgIpc) is 2.10. The first-order valence-electron chi connectivity index (χ1n) is 5.36. The number of alkyl halides is 3. The van der Waals surface area contributed by atoms with Crippen LogP contribution in [-0.4, -0.2) is 43.8 Å². The van der Waals surface area contributed by atoms with E-state index in [1.54, 1.807) is 11.9 Å². The van der Waals surface area contributed by atoms with E-state index in [1.165, 1.54) is 0 Å². The predicted octanol–water partition coefficient (Wildman–Crippen LogP) is 2.42. The van der Waals surface area contributed by atoms with Crippen molar-refractivity contribution in [1.29, 1.82) is 0 Å². The monoisotopic (exact) mass is 238 g/mol. The highest BCUT2D eigenvalue weighted by molar-refractivity contribution is 4.99. The lowest BCUT2D eigenvalue weighted by Crippen LogP contribution is -2.31.